The summed E-state index contributed by atoms with van der Waals surface area (Å²) in [5.74, 6) is -0.428. The van der Waals surface area contributed by atoms with Crippen LogP contribution in [0.15, 0.2) is 12.1 Å². The van der Waals surface area contributed by atoms with Crippen molar-refractivity contribution in [3.8, 4) is 0 Å². The monoisotopic (exact) mass is 292 g/mol. The highest BCUT2D eigenvalue weighted by Crippen LogP contribution is 2.32. The molecule has 1 atom stereocenters. The van der Waals surface area contributed by atoms with Gasteiger partial charge in [0.25, 0.3) is 0 Å². The Kier molecular flexibility index (Phi) is 3.42. The van der Waals surface area contributed by atoms with Gasteiger partial charge in [-0.05, 0) is 13.0 Å². The highest BCUT2D eigenvalue weighted by atomic mass is 35.5. The fourth-order valence-corrected chi connectivity index (χ4v) is 3.87. The molecule has 1 aromatic carbocycles. The van der Waals surface area contributed by atoms with Crippen LogP contribution in [0, 0.1) is 5.82 Å². The van der Waals surface area contributed by atoms with E-state index in [1.165, 1.54) is 6.07 Å². The van der Waals surface area contributed by atoms with E-state index in [0.29, 0.717) is 12.2 Å². The smallest absolute Gasteiger partial charge is 0.154 e. The zero-order chi connectivity index (χ0) is 13.5. The SMILES string of the molecule is CC1CS(=O)(=O)CCN1c1cc(Cl)c(F)cc1N. The minimum Gasteiger partial charge on any atom is -0.397 e. The molecule has 0 saturated carbocycles. The van der Waals surface area contributed by atoms with Crippen molar-refractivity contribution < 1.29 is 12.8 Å². The van der Waals surface area contributed by atoms with Crippen LogP contribution < -0.4 is 10.6 Å². The van der Waals surface area contributed by atoms with E-state index >= 15 is 0 Å². The van der Waals surface area contributed by atoms with Gasteiger partial charge in [0.1, 0.15) is 5.82 Å². The molecule has 18 heavy (non-hydrogen) atoms. The van der Waals surface area contributed by atoms with Crippen molar-refractivity contribution in [2.24, 2.45) is 0 Å². The predicted molar refractivity (Wildman–Crippen MR) is 71.3 cm³/mol. The van der Waals surface area contributed by atoms with Gasteiger partial charge in [0.15, 0.2) is 9.84 Å². The second-order valence-electron chi connectivity index (χ2n) is 4.48. The van der Waals surface area contributed by atoms with Gasteiger partial charge in [0.2, 0.25) is 0 Å². The number of hydrogen-bond donors (Lipinski definition) is 1. The van der Waals surface area contributed by atoms with Crippen LogP contribution in [-0.4, -0.2) is 32.5 Å². The molecule has 1 fully saturated rings. The largest absolute Gasteiger partial charge is 0.397 e. The molecule has 0 aliphatic carbocycles. The lowest BCUT2D eigenvalue weighted by Crippen LogP contribution is -2.47. The molecule has 2 rings (SSSR count). The van der Waals surface area contributed by atoms with Crippen LogP contribution in [0.1, 0.15) is 6.92 Å². The normalized spacial score (nSPS) is 23.1. The highest BCUT2D eigenvalue weighted by Gasteiger charge is 2.29. The molecule has 0 bridgehead atoms. The fraction of sp³-hybridized carbons (Fsp3) is 0.455. The number of hydrogen-bond acceptors (Lipinski definition) is 4. The van der Waals surface area contributed by atoms with Crippen LogP contribution in [0.2, 0.25) is 5.02 Å². The van der Waals surface area contributed by atoms with Crippen molar-refractivity contribution in [1.29, 1.82) is 0 Å². The summed E-state index contributed by atoms with van der Waals surface area (Å²) in [4.78, 5) is 1.85. The molecule has 4 nitrogen and oxygen atoms in total. The van der Waals surface area contributed by atoms with E-state index in [1.54, 1.807) is 6.92 Å². The first kappa shape index (κ1) is 13.4. The lowest BCUT2D eigenvalue weighted by atomic mass is 10.2. The Morgan fingerprint density at radius 3 is 2.78 bits per heavy atom. The number of nitrogens with zero attached hydrogens (tertiary/aromatic N) is 1. The summed E-state index contributed by atoms with van der Waals surface area (Å²) in [6, 6.07) is 2.40. The number of halogens is 2. The van der Waals surface area contributed by atoms with E-state index in [0.717, 1.165) is 6.07 Å². The van der Waals surface area contributed by atoms with Crippen LogP contribution in [0.5, 0.6) is 0 Å². The molecule has 1 saturated heterocycles. The van der Waals surface area contributed by atoms with Crippen LogP contribution in [-0.2, 0) is 9.84 Å². The number of nitrogens with two attached hydrogens (primary N) is 1. The van der Waals surface area contributed by atoms with Gasteiger partial charge in [-0.15, -0.1) is 0 Å². The minimum atomic E-state index is -2.99. The van der Waals surface area contributed by atoms with Gasteiger partial charge in [0, 0.05) is 18.7 Å². The molecule has 0 amide bonds. The number of nitrogen functional groups attached to an aromatic ring is 1. The Labute approximate surface area is 110 Å². The highest BCUT2D eigenvalue weighted by molar-refractivity contribution is 7.91. The molecule has 1 heterocycles. The van der Waals surface area contributed by atoms with E-state index in [9.17, 15) is 12.8 Å². The maximum absolute atomic E-state index is 13.2. The van der Waals surface area contributed by atoms with Crippen LogP contribution >= 0.6 is 11.6 Å². The van der Waals surface area contributed by atoms with Gasteiger partial charge in [-0.25, -0.2) is 12.8 Å². The van der Waals surface area contributed by atoms with Crippen molar-refractivity contribution in [2.45, 2.75) is 13.0 Å². The van der Waals surface area contributed by atoms with E-state index in [-0.39, 0.29) is 28.3 Å². The molecular weight excluding hydrogens is 279 g/mol. The molecule has 1 aliphatic rings. The van der Waals surface area contributed by atoms with Crippen molar-refractivity contribution >= 4 is 32.8 Å². The van der Waals surface area contributed by atoms with E-state index in [4.69, 9.17) is 17.3 Å². The number of anilines is 2. The van der Waals surface area contributed by atoms with Gasteiger partial charge >= 0.3 is 0 Å². The molecule has 2 N–H and O–H groups in total. The third-order valence-electron chi connectivity index (χ3n) is 3.05. The van der Waals surface area contributed by atoms with Gasteiger partial charge < -0.3 is 10.6 Å². The molecule has 100 valence electrons. The zero-order valence-electron chi connectivity index (χ0n) is 9.86. The Balaban J connectivity index is 2.36. The molecular formula is C11H14ClFN2O2S. The van der Waals surface area contributed by atoms with Crippen molar-refractivity contribution in [3.63, 3.8) is 0 Å². The zero-order valence-corrected chi connectivity index (χ0v) is 11.4. The van der Waals surface area contributed by atoms with Crippen LogP contribution in [0.4, 0.5) is 15.8 Å². The van der Waals surface area contributed by atoms with E-state index in [1.807, 2.05) is 4.90 Å². The third-order valence-corrected chi connectivity index (χ3v) is 5.13. The number of benzene rings is 1. The molecule has 7 heteroatoms. The van der Waals surface area contributed by atoms with Crippen LogP contribution in [0.3, 0.4) is 0 Å². The van der Waals surface area contributed by atoms with Gasteiger partial charge in [-0.3, -0.25) is 0 Å². The first-order chi connectivity index (χ1) is 8.30. The van der Waals surface area contributed by atoms with Gasteiger partial charge in [-0.1, -0.05) is 11.6 Å². The maximum atomic E-state index is 13.2. The summed E-state index contributed by atoms with van der Waals surface area (Å²) in [6.45, 7) is 2.14. The molecule has 1 aromatic rings. The Hall–Kier alpha value is -1.01. The molecule has 1 unspecified atom stereocenters. The Morgan fingerprint density at radius 1 is 1.50 bits per heavy atom. The number of sulfone groups is 1. The summed E-state index contributed by atoms with van der Waals surface area (Å²) in [7, 11) is -2.99. The quantitative estimate of drug-likeness (QED) is 0.800. The first-order valence-corrected chi connectivity index (χ1v) is 7.71. The van der Waals surface area contributed by atoms with E-state index < -0.39 is 15.7 Å². The number of rotatable bonds is 1. The van der Waals surface area contributed by atoms with Crippen molar-refractivity contribution in [2.75, 3.05) is 28.7 Å². The summed E-state index contributed by atoms with van der Waals surface area (Å²) >= 11 is 5.73. The topological polar surface area (TPSA) is 63.4 Å². The predicted octanol–water partition coefficient (Wildman–Crippen LogP) is 1.68. The summed E-state index contributed by atoms with van der Waals surface area (Å²) < 4.78 is 36.2. The second kappa shape index (κ2) is 4.59. The average molecular weight is 293 g/mol. The van der Waals surface area contributed by atoms with Crippen molar-refractivity contribution in [1.82, 2.24) is 0 Å². The summed E-state index contributed by atoms with van der Waals surface area (Å²) in [6.07, 6.45) is 0. The van der Waals surface area contributed by atoms with Gasteiger partial charge in [0.05, 0.1) is 27.9 Å². The maximum Gasteiger partial charge on any atom is 0.154 e. The minimum absolute atomic E-state index is 0.0140. The standard InChI is InChI=1S/C11H14ClFN2O2S/c1-7-6-18(16,17)3-2-15(7)11-4-8(12)9(13)5-10(11)14/h4-5,7H,2-3,6,14H2,1H3. The average Bonchev–Trinajstić information content (AvgIpc) is 2.23. The lowest BCUT2D eigenvalue weighted by Gasteiger charge is -2.35. The molecule has 0 spiro atoms. The fourth-order valence-electron chi connectivity index (χ4n) is 2.16. The Morgan fingerprint density at radius 2 is 2.17 bits per heavy atom. The summed E-state index contributed by atoms with van der Waals surface area (Å²) in [5.41, 5.74) is 6.61. The second-order valence-corrected chi connectivity index (χ2v) is 7.12. The van der Waals surface area contributed by atoms with Crippen molar-refractivity contribution in [3.05, 3.63) is 23.0 Å². The molecule has 1 aliphatic heterocycles. The summed E-state index contributed by atoms with van der Waals surface area (Å²) in [5, 5.41) is -0.0140. The molecule has 0 radical (unpaired) electrons. The molecule has 0 aromatic heterocycles. The lowest BCUT2D eigenvalue weighted by molar-refractivity contribution is 0.568. The van der Waals surface area contributed by atoms with Gasteiger partial charge in [-0.2, -0.15) is 0 Å². The van der Waals surface area contributed by atoms with Crippen LogP contribution in [0.25, 0.3) is 0 Å². The first-order valence-electron chi connectivity index (χ1n) is 5.52. The van der Waals surface area contributed by atoms with E-state index in [2.05, 4.69) is 0 Å². The third kappa shape index (κ3) is 2.54. The Bertz CT molecular complexity index is 577.